The molecule has 0 aromatic carbocycles. The van der Waals surface area contributed by atoms with Gasteiger partial charge in [0.05, 0.1) is 29.2 Å². The third kappa shape index (κ3) is 1.39. The Morgan fingerprint density at radius 3 is 2.68 bits per heavy atom. The molecular formula is C15H16FN5O. The summed E-state index contributed by atoms with van der Waals surface area (Å²) in [6.45, 7) is 1.89. The van der Waals surface area contributed by atoms with E-state index in [0.717, 1.165) is 30.1 Å². The van der Waals surface area contributed by atoms with Crippen molar-refractivity contribution in [3.8, 4) is 0 Å². The van der Waals surface area contributed by atoms with Crippen LogP contribution in [0.2, 0.25) is 0 Å². The van der Waals surface area contributed by atoms with Crippen LogP contribution in [0.15, 0.2) is 17.2 Å². The Balaban J connectivity index is 1.56. The highest BCUT2D eigenvalue weighted by Crippen LogP contribution is 2.66. The van der Waals surface area contributed by atoms with Crippen LogP contribution in [0.3, 0.4) is 0 Å². The van der Waals surface area contributed by atoms with Gasteiger partial charge < -0.3 is 0 Å². The molecule has 0 radical (unpaired) electrons. The van der Waals surface area contributed by atoms with Gasteiger partial charge in [-0.2, -0.15) is 5.10 Å². The Hall–Kier alpha value is -2.05. The van der Waals surface area contributed by atoms with Crippen LogP contribution in [0.5, 0.6) is 0 Å². The van der Waals surface area contributed by atoms with Crippen LogP contribution in [-0.2, 0) is 12.0 Å². The summed E-state index contributed by atoms with van der Waals surface area (Å²) in [5.41, 5.74) is 0.140. The molecule has 1 unspecified atom stereocenters. The predicted octanol–water partition coefficient (Wildman–Crippen LogP) is 1.28. The van der Waals surface area contributed by atoms with Gasteiger partial charge in [-0.3, -0.25) is 14.5 Å². The molecule has 1 atom stereocenters. The fourth-order valence-electron chi connectivity index (χ4n) is 4.30. The molecule has 3 heterocycles. The van der Waals surface area contributed by atoms with Crippen LogP contribution in [0.25, 0.3) is 0 Å². The number of fused-ring (bicyclic) bond motifs is 1. The van der Waals surface area contributed by atoms with Gasteiger partial charge in [0.2, 0.25) is 0 Å². The minimum Gasteiger partial charge on any atom is -0.270 e. The first kappa shape index (κ1) is 12.5. The summed E-state index contributed by atoms with van der Waals surface area (Å²) in [5.74, 6) is 0.787. The van der Waals surface area contributed by atoms with Crippen molar-refractivity contribution >= 4 is 0 Å². The molecule has 6 nitrogen and oxygen atoms in total. The summed E-state index contributed by atoms with van der Waals surface area (Å²) in [4.78, 5) is 21.5. The number of hydrogen-bond acceptors (Lipinski definition) is 4. The van der Waals surface area contributed by atoms with Gasteiger partial charge in [-0.25, -0.2) is 13.9 Å². The summed E-state index contributed by atoms with van der Waals surface area (Å²) in [6, 6.07) is -0.101. The minimum atomic E-state index is -1.03. The van der Waals surface area contributed by atoms with Crippen molar-refractivity contribution in [1.82, 2.24) is 24.3 Å². The molecule has 6 rings (SSSR count). The number of nitrogens with zero attached hydrogens (tertiary/aromatic N) is 5. The molecule has 0 saturated heterocycles. The van der Waals surface area contributed by atoms with Gasteiger partial charge in [-0.15, -0.1) is 0 Å². The van der Waals surface area contributed by atoms with Gasteiger partial charge in [0.25, 0.3) is 0 Å². The Morgan fingerprint density at radius 1 is 1.27 bits per heavy atom. The molecule has 0 amide bonds. The monoisotopic (exact) mass is 301 g/mol. The summed E-state index contributed by atoms with van der Waals surface area (Å²) in [7, 11) is 0. The largest absolute Gasteiger partial charge is 0.347 e. The Labute approximate surface area is 126 Å². The lowest BCUT2D eigenvalue weighted by Gasteiger charge is -2.64. The van der Waals surface area contributed by atoms with E-state index in [-0.39, 0.29) is 17.3 Å². The fraction of sp³-hybridized carbons (Fsp3) is 0.600. The van der Waals surface area contributed by atoms with Crippen molar-refractivity contribution in [3.05, 3.63) is 40.1 Å². The first-order valence-corrected chi connectivity index (χ1v) is 7.68. The molecule has 0 spiro atoms. The van der Waals surface area contributed by atoms with E-state index < -0.39 is 5.67 Å². The number of hydrogen-bond donors (Lipinski definition) is 0. The molecule has 2 aromatic heterocycles. The van der Waals surface area contributed by atoms with Crippen molar-refractivity contribution in [2.75, 3.05) is 0 Å². The second kappa shape index (κ2) is 3.64. The summed E-state index contributed by atoms with van der Waals surface area (Å²) >= 11 is 0. The second-order valence-corrected chi connectivity index (χ2v) is 7.02. The molecule has 4 aliphatic rings. The Kier molecular flexibility index (Phi) is 2.07. The topological polar surface area (TPSA) is 65.6 Å². The fourth-order valence-corrected chi connectivity index (χ4v) is 4.30. The van der Waals surface area contributed by atoms with E-state index in [1.54, 1.807) is 17.0 Å². The standard InChI is InChI=1S/C15H16FN5O/c1-9-4-18-10(5-17-9)11-2-3-12-19-21(13(22)20(11)12)15-6-14(16,7-15)8-15/h4-5,11H,2-3,6-8H2,1H3. The first-order valence-electron chi connectivity index (χ1n) is 7.68. The normalized spacial score (nSPS) is 34.9. The molecule has 7 heteroatoms. The van der Waals surface area contributed by atoms with Crippen LogP contribution in [-0.4, -0.2) is 30.0 Å². The third-order valence-electron chi connectivity index (χ3n) is 5.36. The highest BCUT2D eigenvalue weighted by atomic mass is 19.1. The van der Waals surface area contributed by atoms with Crippen molar-refractivity contribution in [3.63, 3.8) is 0 Å². The molecule has 1 aliphatic heterocycles. The maximum absolute atomic E-state index is 13.7. The zero-order valence-corrected chi connectivity index (χ0v) is 12.3. The molecule has 0 N–H and O–H groups in total. The van der Waals surface area contributed by atoms with Gasteiger partial charge in [0, 0.05) is 31.9 Å². The lowest BCUT2D eigenvalue weighted by Crippen LogP contribution is -2.72. The highest BCUT2D eigenvalue weighted by Gasteiger charge is 2.71. The SMILES string of the molecule is Cc1cnc(C2CCc3nn(C45CC(F)(C4)C5)c(=O)n32)cn1. The number of rotatable bonds is 2. The molecule has 22 heavy (non-hydrogen) atoms. The molecule has 3 fully saturated rings. The number of aromatic nitrogens is 5. The van der Waals surface area contributed by atoms with Crippen LogP contribution in [0, 0.1) is 6.92 Å². The first-order chi connectivity index (χ1) is 10.5. The summed E-state index contributed by atoms with van der Waals surface area (Å²) < 4.78 is 17.0. The van der Waals surface area contributed by atoms with Gasteiger partial charge >= 0.3 is 5.69 Å². The van der Waals surface area contributed by atoms with Crippen LogP contribution < -0.4 is 5.69 Å². The number of alkyl halides is 1. The molecule has 114 valence electrons. The maximum Gasteiger partial charge on any atom is 0.347 e. The number of aryl methyl sites for hydroxylation is 2. The van der Waals surface area contributed by atoms with E-state index in [2.05, 4.69) is 15.1 Å². The van der Waals surface area contributed by atoms with Crippen LogP contribution in [0.4, 0.5) is 4.39 Å². The van der Waals surface area contributed by atoms with Crippen molar-refractivity contribution in [2.45, 2.75) is 56.3 Å². The van der Waals surface area contributed by atoms with E-state index >= 15 is 0 Å². The smallest absolute Gasteiger partial charge is 0.270 e. The van der Waals surface area contributed by atoms with Crippen LogP contribution >= 0.6 is 0 Å². The Bertz CT molecular complexity index is 817. The van der Waals surface area contributed by atoms with E-state index in [1.165, 1.54) is 4.68 Å². The molecule has 2 aromatic rings. The van der Waals surface area contributed by atoms with Gasteiger partial charge in [-0.05, 0) is 13.3 Å². The molecule has 3 saturated carbocycles. The summed E-state index contributed by atoms with van der Waals surface area (Å²) in [6.07, 6.45) is 6.32. The second-order valence-electron chi connectivity index (χ2n) is 7.02. The van der Waals surface area contributed by atoms with Crippen molar-refractivity contribution in [1.29, 1.82) is 0 Å². The Morgan fingerprint density at radius 2 is 2.05 bits per heavy atom. The highest BCUT2D eigenvalue weighted by molar-refractivity contribution is 5.23. The molecule has 3 aliphatic carbocycles. The third-order valence-corrected chi connectivity index (χ3v) is 5.36. The lowest BCUT2D eigenvalue weighted by molar-refractivity contribution is -0.205. The van der Waals surface area contributed by atoms with Crippen LogP contribution in [0.1, 0.15) is 48.9 Å². The number of halogens is 1. The summed E-state index contributed by atoms with van der Waals surface area (Å²) in [5, 5.41) is 4.50. The zero-order chi connectivity index (χ0) is 15.1. The van der Waals surface area contributed by atoms with E-state index in [1.807, 2.05) is 6.92 Å². The lowest BCUT2D eigenvalue weighted by atomic mass is 9.47. The quantitative estimate of drug-likeness (QED) is 0.838. The van der Waals surface area contributed by atoms with Crippen molar-refractivity contribution in [2.24, 2.45) is 0 Å². The van der Waals surface area contributed by atoms with Gasteiger partial charge in [-0.1, -0.05) is 0 Å². The predicted molar refractivity (Wildman–Crippen MR) is 75.4 cm³/mol. The molecule has 2 bridgehead atoms. The van der Waals surface area contributed by atoms with E-state index in [0.29, 0.717) is 19.3 Å². The van der Waals surface area contributed by atoms with E-state index in [9.17, 15) is 9.18 Å². The maximum atomic E-state index is 13.7. The van der Waals surface area contributed by atoms with Crippen molar-refractivity contribution < 1.29 is 4.39 Å². The average Bonchev–Trinajstić information content (AvgIpc) is 2.97. The molecular weight excluding hydrogens is 285 g/mol. The average molecular weight is 301 g/mol. The van der Waals surface area contributed by atoms with Gasteiger partial charge in [0.15, 0.2) is 0 Å². The minimum absolute atomic E-state index is 0.101. The zero-order valence-electron chi connectivity index (χ0n) is 12.3. The van der Waals surface area contributed by atoms with Gasteiger partial charge in [0.1, 0.15) is 11.5 Å². The van der Waals surface area contributed by atoms with E-state index in [4.69, 9.17) is 0 Å².